The first-order chi connectivity index (χ1) is 19.5. The first-order valence-electron chi connectivity index (χ1n) is 12.6. The number of nitrogens with two attached hydrogens (primary N) is 2. The molecule has 0 bridgehead atoms. The molecule has 0 saturated carbocycles. The van der Waals surface area contributed by atoms with Crippen molar-refractivity contribution in [3.63, 3.8) is 0 Å². The monoisotopic (exact) mass is 571 g/mol. The number of ether oxygens (including phenoxy) is 1. The summed E-state index contributed by atoms with van der Waals surface area (Å²) < 4.78 is 45.9. The zero-order valence-electron chi connectivity index (χ0n) is 22.2. The van der Waals surface area contributed by atoms with Crippen molar-refractivity contribution in [2.45, 2.75) is 32.0 Å². The lowest BCUT2D eigenvalue weighted by Crippen LogP contribution is -2.86. The Kier molecular flexibility index (Phi) is 8.71. The van der Waals surface area contributed by atoms with E-state index in [2.05, 4.69) is 20.6 Å². The predicted molar refractivity (Wildman–Crippen MR) is 142 cm³/mol. The van der Waals surface area contributed by atoms with Crippen LogP contribution in [0.3, 0.4) is 0 Å². The third-order valence-electron chi connectivity index (χ3n) is 6.47. The Morgan fingerprint density at radius 1 is 1.12 bits per heavy atom. The van der Waals surface area contributed by atoms with E-state index in [1.807, 2.05) is 4.68 Å². The zero-order valence-corrected chi connectivity index (χ0v) is 22.2. The van der Waals surface area contributed by atoms with Crippen molar-refractivity contribution in [1.82, 2.24) is 19.7 Å². The molecule has 5 rings (SSSR count). The molecule has 1 aliphatic heterocycles. The molecule has 11 nitrogen and oxygen atoms in total. The van der Waals surface area contributed by atoms with Gasteiger partial charge in [-0.25, -0.2) is 14.6 Å². The number of fused-ring (bicyclic) bond motifs is 1. The van der Waals surface area contributed by atoms with Crippen LogP contribution in [-0.2, 0) is 11.0 Å². The lowest BCUT2D eigenvalue weighted by Gasteiger charge is -2.21. The molecule has 216 valence electrons. The first kappa shape index (κ1) is 29.3. The lowest BCUT2D eigenvalue weighted by atomic mass is 10.1. The summed E-state index contributed by atoms with van der Waals surface area (Å²) in [6.45, 7) is 2.98. The van der Waals surface area contributed by atoms with Crippen LogP contribution in [0.2, 0.25) is 0 Å². The average Bonchev–Trinajstić information content (AvgIpc) is 3.34. The van der Waals surface area contributed by atoms with Gasteiger partial charge in [0.1, 0.15) is 23.6 Å². The van der Waals surface area contributed by atoms with Crippen molar-refractivity contribution in [2.75, 3.05) is 31.2 Å². The number of nitrogens with zero attached hydrogens (tertiary/aromatic N) is 4. The fourth-order valence-electron chi connectivity index (χ4n) is 4.55. The Balaban J connectivity index is 0.000000909. The molecule has 2 aromatic heterocycles. The summed E-state index contributed by atoms with van der Waals surface area (Å²) in [7, 11) is 1.46. The number of piperidine rings is 1. The van der Waals surface area contributed by atoms with Crippen LogP contribution >= 0.6 is 0 Å². The summed E-state index contributed by atoms with van der Waals surface area (Å²) in [4.78, 5) is 30.2. The van der Waals surface area contributed by atoms with Gasteiger partial charge in [-0.2, -0.15) is 18.3 Å². The lowest BCUT2D eigenvalue weighted by molar-refractivity contribution is -0.664. The number of methoxy groups -OCH3 is 1. The summed E-state index contributed by atoms with van der Waals surface area (Å²) in [5.74, 6) is -0.989. The van der Waals surface area contributed by atoms with E-state index < -0.39 is 23.6 Å². The fourth-order valence-corrected chi connectivity index (χ4v) is 4.55. The van der Waals surface area contributed by atoms with E-state index in [0.717, 1.165) is 57.1 Å². The quantitative estimate of drug-likeness (QED) is 0.327. The number of carbonyl (C=O) groups excluding carboxylic acids is 2. The average molecular weight is 572 g/mol. The standard InChI is InChI=1S/C25H24F3N7O2.C2H4O2/c1-37-19-12-15(4-7-18(19)33-24(36)14-2-5-16(6-3-14)25(26,27)28)21-20-22(29)31-13-32-23(20)35(34-21)17-8-10-30-11-9-17;1-2(3)4/h2-7,12-13,17,30H,8-11H2,1H3,(H,33,36)(H2,29,31,32);1H3,(H,3,4). The van der Waals surface area contributed by atoms with Crippen molar-refractivity contribution in [2.24, 2.45) is 0 Å². The number of nitrogen functional groups attached to an aromatic ring is 1. The molecule has 41 heavy (non-hydrogen) atoms. The maximum Gasteiger partial charge on any atom is 0.416 e. The van der Waals surface area contributed by atoms with E-state index in [1.54, 1.807) is 18.2 Å². The number of alkyl halides is 3. The number of hydrogen-bond donors (Lipinski definition) is 3. The number of amides is 1. The Morgan fingerprint density at radius 2 is 1.78 bits per heavy atom. The van der Waals surface area contributed by atoms with Gasteiger partial charge in [-0.15, -0.1) is 0 Å². The number of benzene rings is 2. The molecular weight excluding hydrogens is 543 g/mol. The number of aliphatic carboxylic acids is 1. The highest BCUT2D eigenvalue weighted by molar-refractivity contribution is 6.05. The van der Waals surface area contributed by atoms with E-state index in [1.165, 1.54) is 13.4 Å². The van der Waals surface area contributed by atoms with Crippen LogP contribution in [0, 0.1) is 0 Å². The van der Waals surface area contributed by atoms with Gasteiger partial charge in [0.15, 0.2) is 5.65 Å². The van der Waals surface area contributed by atoms with E-state index in [9.17, 15) is 18.0 Å². The van der Waals surface area contributed by atoms with Crippen LogP contribution < -0.4 is 26.2 Å². The minimum absolute atomic E-state index is 0.0820. The molecular formula is C27H28F3N7O4. The number of quaternary nitrogens is 1. The molecule has 14 heteroatoms. The number of aromatic nitrogens is 4. The van der Waals surface area contributed by atoms with Crippen molar-refractivity contribution >= 4 is 34.4 Å². The second kappa shape index (κ2) is 12.2. The highest BCUT2D eigenvalue weighted by atomic mass is 19.4. The number of carboxylic acid groups (broad SMARTS) is 1. The molecule has 1 saturated heterocycles. The first-order valence-corrected chi connectivity index (χ1v) is 12.6. The van der Waals surface area contributed by atoms with Crippen LogP contribution in [0.5, 0.6) is 5.75 Å². The van der Waals surface area contributed by atoms with E-state index in [0.29, 0.717) is 39.5 Å². The molecule has 0 radical (unpaired) electrons. The molecule has 1 aliphatic rings. The number of hydrogen-bond acceptors (Lipinski definition) is 8. The number of halogens is 3. The predicted octanol–water partition coefficient (Wildman–Crippen LogP) is 2.01. The highest BCUT2D eigenvalue weighted by Gasteiger charge is 2.30. The largest absolute Gasteiger partial charge is 0.550 e. The van der Waals surface area contributed by atoms with E-state index in [4.69, 9.17) is 25.5 Å². The van der Waals surface area contributed by atoms with Crippen molar-refractivity contribution in [3.05, 3.63) is 59.9 Å². The maximum absolute atomic E-state index is 12.8. The van der Waals surface area contributed by atoms with Crippen LogP contribution in [0.25, 0.3) is 22.3 Å². The second-order valence-corrected chi connectivity index (χ2v) is 9.28. The molecule has 3 heterocycles. The number of carbonyl (C=O) groups is 2. The van der Waals surface area contributed by atoms with Gasteiger partial charge < -0.3 is 31.0 Å². The molecule has 5 N–H and O–H groups in total. The number of carboxylic acids is 1. The molecule has 1 amide bonds. The van der Waals surface area contributed by atoms with Crippen LogP contribution in [0.1, 0.15) is 41.7 Å². The molecule has 4 aromatic rings. The molecule has 2 aromatic carbocycles. The summed E-state index contributed by atoms with van der Waals surface area (Å²) in [6.07, 6.45) is -1.14. The van der Waals surface area contributed by atoms with E-state index >= 15 is 0 Å². The smallest absolute Gasteiger partial charge is 0.416 e. The van der Waals surface area contributed by atoms with Crippen LogP contribution in [0.15, 0.2) is 48.8 Å². The van der Waals surface area contributed by atoms with Gasteiger partial charge >= 0.3 is 6.18 Å². The Bertz CT molecular complexity index is 1550. The molecule has 0 spiro atoms. The Hall–Kier alpha value is -4.72. The van der Waals surface area contributed by atoms with Gasteiger partial charge in [-0.1, -0.05) is 6.07 Å². The summed E-state index contributed by atoms with van der Waals surface area (Å²) in [6, 6.07) is 9.32. The molecule has 0 unspecified atom stereocenters. The van der Waals surface area contributed by atoms with Crippen molar-refractivity contribution in [1.29, 1.82) is 0 Å². The van der Waals surface area contributed by atoms with Gasteiger partial charge in [0.25, 0.3) is 5.91 Å². The van der Waals surface area contributed by atoms with Gasteiger partial charge in [-0.05, 0) is 43.3 Å². The number of rotatable bonds is 5. The summed E-state index contributed by atoms with van der Waals surface area (Å²) in [5.41, 5.74) is 7.80. The zero-order chi connectivity index (χ0) is 29.7. The maximum atomic E-state index is 12.8. The molecule has 0 atom stereocenters. The minimum Gasteiger partial charge on any atom is -0.550 e. The summed E-state index contributed by atoms with van der Waals surface area (Å²) in [5, 5.41) is 19.4. The van der Waals surface area contributed by atoms with Crippen LogP contribution in [0.4, 0.5) is 24.7 Å². The molecule has 0 aliphatic carbocycles. The van der Waals surface area contributed by atoms with Crippen LogP contribution in [-0.4, -0.2) is 51.8 Å². The van der Waals surface area contributed by atoms with Crippen molar-refractivity contribution < 1.29 is 37.9 Å². The third kappa shape index (κ3) is 6.72. The highest BCUT2D eigenvalue weighted by Crippen LogP contribution is 2.37. The second-order valence-electron chi connectivity index (χ2n) is 9.28. The van der Waals surface area contributed by atoms with Gasteiger partial charge in [-0.3, -0.25) is 4.79 Å². The van der Waals surface area contributed by atoms with Crippen molar-refractivity contribution in [3.8, 4) is 17.0 Å². The Morgan fingerprint density at radius 3 is 2.39 bits per heavy atom. The number of anilines is 2. The molecule has 1 fully saturated rings. The fraction of sp³-hybridized carbons (Fsp3) is 0.296. The number of nitrogens with one attached hydrogen (secondary N) is 1. The normalized spacial score (nSPS) is 13.8. The Labute approximate surface area is 232 Å². The van der Waals surface area contributed by atoms with E-state index in [-0.39, 0.29) is 11.6 Å². The van der Waals surface area contributed by atoms with Gasteiger partial charge in [0.05, 0.1) is 42.9 Å². The summed E-state index contributed by atoms with van der Waals surface area (Å²) >= 11 is 0. The van der Waals surface area contributed by atoms with Gasteiger partial charge in [0.2, 0.25) is 0 Å². The topological polar surface area (TPSA) is 165 Å². The van der Waals surface area contributed by atoms with Gasteiger partial charge in [0, 0.05) is 29.9 Å². The minimum atomic E-state index is -4.48. The SMILES string of the molecule is CC(=O)[O-].COc1cc(-c2nn(C3CC[NH2+]CC3)c3ncnc(N)c23)ccc1NC(=O)c1ccc(C(F)(F)F)cc1. The third-order valence-corrected chi connectivity index (χ3v) is 6.47.